The molecule has 1 N–H and O–H groups in total. The third kappa shape index (κ3) is 3.70. The summed E-state index contributed by atoms with van der Waals surface area (Å²) in [5.74, 6) is -0.431. The van der Waals surface area contributed by atoms with Crippen LogP contribution in [0.4, 0.5) is 18.9 Å². The Morgan fingerprint density at radius 1 is 0.920 bits per heavy atom. The van der Waals surface area contributed by atoms with Crippen LogP contribution in [0.3, 0.4) is 0 Å². The number of carbonyl (C=O) groups excluding carboxylic acids is 1. The van der Waals surface area contributed by atoms with Gasteiger partial charge < -0.3 is 14.9 Å². The molecule has 0 aromatic heterocycles. The summed E-state index contributed by atoms with van der Waals surface area (Å²) in [6.07, 6.45) is -4.56. The number of phenolic OH excluding ortho intramolecular Hbond substituents is 1. The number of amides is 1. The number of anilines is 1. The summed E-state index contributed by atoms with van der Waals surface area (Å²) in [6.45, 7) is 1.72. The van der Waals surface area contributed by atoms with Crippen molar-refractivity contribution in [3.63, 3.8) is 0 Å². The van der Waals surface area contributed by atoms with E-state index >= 15 is 0 Å². The fourth-order valence-corrected chi connectivity index (χ4v) is 2.92. The van der Waals surface area contributed by atoms with Crippen molar-refractivity contribution in [1.29, 1.82) is 0 Å². The minimum Gasteiger partial charge on any atom is -0.508 e. The minimum absolute atomic E-state index is 0.168. The van der Waals surface area contributed by atoms with E-state index in [1.54, 1.807) is 24.3 Å². The second kappa shape index (κ2) is 6.66. The SMILES string of the molecule is O=C(c1ccccc1C(F)(F)F)N1CCN(c2ccc(O)cc2)CC1. The quantitative estimate of drug-likeness (QED) is 0.903. The normalized spacial score (nSPS) is 15.3. The molecular weight excluding hydrogens is 333 g/mol. The van der Waals surface area contributed by atoms with Gasteiger partial charge in [-0.05, 0) is 36.4 Å². The zero-order chi connectivity index (χ0) is 18.0. The lowest BCUT2D eigenvalue weighted by Crippen LogP contribution is -2.49. The molecule has 0 atom stereocenters. The summed E-state index contributed by atoms with van der Waals surface area (Å²) in [4.78, 5) is 16.0. The van der Waals surface area contributed by atoms with Crippen LogP contribution in [0.1, 0.15) is 15.9 Å². The van der Waals surface area contributed by atoms with Crippen LogP contribution >= 0.6 is 0 Å². The first kappa shape index (κ1) is 17.1. The topological polar surface area (TPSA) is 43.8 Å². The molecule has 0 aliphatic carbocycles. The fraction of sp³-hybridized carbons (Fsp3) is 0.278. The molecule has 1 aliphatic heterocycles. The number of aromatic hydroxyl groups is 1. The Hall–Kier alpha value is -2.70. The Balaban J connectivity index is 1.71. The molecular formula is C18H17F3N2O2. The van der Waals surface area contributed by atoms with E-state index in [4.69, 9.17) is 0 Å². The predicted molar refractivity (Wildman–Crippen MR) is 87.7 cm³/mol. The van der Waals surface area contributed by atoms with E-state index < -0.39 is 17.6 Å². The molecule has 25 heavy (non-hydrogen) atoms. The summed E-state index contributed by atoms with van der Waals surface area (Å²) in [6, 6.07) is 11.6. The number of rotatable bonds is 2. The van der Waals surface area contributed by atoms with Gasteiger partial charge in [-0.3, -0.25) is 4.79 Å². The van der Waals surface area contributed by atoms with Crippen molar-refractivity contribution in [2.24, 2.45) is 0 Å². The largest absolute Gasteiger partial charge is 0.508 e. The molecule has 1 aliphatic rings. The Kier molecular flexibility index (Phi) is 4.57. The van der Waals surface area contributed by atoms with E-state index in [1.165, 1.54) is 23.1 Å². The Labute approximate surface area is 143 Å². The highest BCUT2D eigenvalue weighted by atomic mass is 19.4. The van der Waals surface area contributed by atoms with Crippen LogP contribution in [0.15, 0.2) is 48.5 Å². The van der Waals surface area contributed by atoms with Crippen molar-refractivity contribution < 1.29 is 23.1 Å². The van der Waals surface area contributed by atoms with Crippen LogP contribution in [0, 0.1) is 0 Å². The number of carbonyl (C=O) groups is 1. The van der Waals surface area contributed by atoms with Gasteiger partial charge in [-0.15, -0.1) is 0 Å². The number of piperazine rings is 1. The van der Waals surface area contributed by atoms with Gasteiger partial charge in [-0.2, -0.15) is 13.2 Å². The Morgan fingerprint density at radius 3 is 2.12 bits per heavy atom. The molecule has 1 amide bonds. The molecule has 1 heterocycles. The van der Waals surface area contributed by atoms with Gasteiger partial charge in [0.15, 0.2) is 0 Å². The molecule has 2 aromatic rings. The number of hydrogen-bond acceptors (Lipinski definition) is 3. The first-order chi connectivity index (χ1) is 11.9. The van der Waals surface area contributed by atoms with Gasteiger partial charge in [0, 0.05) is 31.9 Å². The third-order valence-electron chi connectivity index (χ3n) is 4.24. The Bertz CT molecular complexity index is 752. The number of nitrogens with zero attached hydrogens (tertiary/aromatic N) is 2. The van der Waals surface area contributed by atoms with Crippen LogP contribution in [0.25, 0.3) is 0 Å². The maximum atomic E-state index is 13.1. The van der Waals surface area contributed by atoms with Crippen molar-refractivity contribution >= 4 is 11.6 Å². The summed E-state index contributed by atoms with van der Waals surface area (Å²) in [7, 11) is 0. The maximum Gasteiger partial charge on any atom is 0.417 e. The van der Waals surface area contributed by atoms with Crippen LogP contribution in [-0.2, 0) is 6.18 Å². The van der Waals surface area contributed by atoms with Crippen molar-refractivity contribution in [3.05, 3.63) is 59.7 Å². The molecule has 1 fully saturated rings. The first-order valence-corrected chi connectivity index (χ1v) is 7.86. The second-order valence-electron chi connectivity index (χ2n) is 5.84. The number of alkyl halides is 3. The third-order valence-corrected chi connectivity index (χ3v) is 4.24. The highest BCUT2D eigenvalue weighted by Gasteiger charge is 2.36. The average molecular weight is 350 g/mol. The van der Waals surface area contributed by atoms with Gasteiger partial charge in [-0.25, -0.2) is 0 Å². The molecule has 0 radical (unpaired) electrons. The highest BCUT2D eigenvalue weighted by molar-refractivity contribution is 5.96. The lowest BCUT2D eigenvalue weighted by atomic mass is 10.1. The van der Waals surface area contributed by atoms with E-state index in [0.717, 1.165) is 11.8 Å². The fourth-order valence-electron chi connectivity index (χ4n) is 2.92. The summed E-state index contributed by atoms with van der Waals surface area (Å²) in [5, 5.41) is 9.32. The van der Waals surface area contributed by atoms with Gasteiger partial charge in [0.25, 0.3) is 5.91 Å². The van der Waals surface area contributed by atoms with E-state index in [-0.39, 0.29) is 11.3 Å². The highest BCUT2D eigenvalue weighted by Crippen LogP contribution is 2.32. The van der Waals surface area contributed by atoms with Crippen molar-refractivity contribution in [2.45, 2.75) is 6.18 Å². The molecule has 132 valence electrons. The molecule has 0 saturated carbocycles. The molecule has 1 saturated heterocycles. The standard InChI is InChI=1S/C18H17F3N2O2/c19-18(20,21)16-4-2-1-3-15(16)17(25)23-11-9-22(10-12-23)13-5-7-14(24)8-6-13/h1-8,24H,9-12H2. The van der Waals surface area contributed by atoms with Crippen LogP contribution in [0.2, 0.25) is 0 Å². The molecule has 2 aromatic carbocycles. The molecule has 0 unspecified atom stereocenters. The molecule has 3 rings (SSSR count). The number of hydrogen-bond donors (Lipinski definition) is 1. The van der Waals surface area contributed by atoms with Crippen LogP contribution in [-0.4, -0.2) is 42.1 Å². The van der Waals surface area contributed by atoms with Gasteiger partial charge in [0.2, 0.25) is 0 Å². The smallest absolute Gasteiger partial charge is 0.417 e. The maximum absolute atomic E-state index is 13.1. The van der Waals surface area contributed by atoms with Gasteiger partial charge in [-0.1, -0.05) is 12.1 Å². The molecule has 0 spiro atoms. The summed E-state index contributed by atoms with van der Waals surface area (Å²) >= 11 is 0. The summed E-state index contributed by atoms with van der Waals surface area (Å²) < 4.78 is 39.3. The first-order valence-electron chi connectivity index (χ1n) is 7.86. The lowest BCUT2D eigenvalue weighted by molar-refractivity contribution is -0.138. The molecule has 7 heteroatoms. The van der Waals surface area contributed by atoms with Gasteiger partial charge in [0.1, 0.15) is 5.75 Å². The zero-order valence-electron chi connectivity index (χ0n) is 13.3. The number of halogens is 3. The van der Waals surface area contributed by atoms with Gasteiger partial charge in [0.05, 0.1) is 11.1 Å². The van der Waals surface area contributed by atoms with E-state index in [0.29, 0.717) is 26.2 Å². The lowest BCUT2D eigenvalue weighted by Gasteiger charge is -2.36. The van der Waals surface area contributed by atoms with E-state index in [9.17, 15) is 23.1 Å². The number of phenols is 1. The minimum atomic E-state index is -4.56. The predicted octanol–water partition coefficient (Wildman–Crippen LogP) is 3.37. The van der Waals surface area contributed by atoms with Crippen molar-refractivity contribution in [1.82, 2.24) is 4.90 Å². The second-order valence-corrected chi connectivity index (χ2v) is 5.84. The van der Waals surface area contributed by atoms with E-state index in [1.807, 2.05) is 4.90 Å². The van der Waals surface area contributed by atoms with Gasteiger partial charge >= 0.3 is 6.18 Å². The van der Waals surface area contributed by atoms with Crippen LogP contribution in [0.5, 0.6) is 5.75 Å². The average Bonchev–Trinajstić information content (AvgIpc) is 2.61. The monoisotopic (exact) mass is 350 g/mol. The van der Waals surface area contributed by atoms with Crippen molar-refractivity contribution in [2.75, 3.05) is 31.1 Å². The summed E-state index contributed by atoms with van der Waals surface area (Å²) in [5.41, 5.74) is -0.311. The van der Waals surface area contributed by atoms with Crippen LogP contribution < -0.4 is 4.90 Å². The Morgan fingerprint density at radius 2 is 1.52 bits per heavy atom. The van der Waals surface area contributed by atoms with E-state index in [2.05, 4.69) is 0 Å². The molecule has 0 bridgehead atoms. The van der Waals surface area contributed by atoms with Crippen molar-refractivity contribution in [3.8, 4) is 5.75 Å². The number of benzene rings is 2. The molecule has 4 nitrogen and oxygen atoms in total. The zero-order valence-corrected chi connectivity index (χ0v) is 13.3.